The number of nitrogens with zero attached hydrogens (tertiary/aromatic N) is 8. The van der Waals surface area contributed by atoms with Crippen LogP contribution in [0.25, 0.3) is 33.4 Å². The molecule has 6 aromatic rings. The number of anilines is 4. The van der Waals surface area contributed by atoms with Crippen LogP contribution in [0.5, 0.6) is 0 Å². The maximum absolute atomic E-state index is 5.86. The number of nitrogens with two attached hydrogens (primary N) is 2. The number of hydrogen-bond acceptors (Lipinski definition) is 10. The molecule has 6 rings (SSSR count). The zero-order valence-corrected chi connectivity index (χ0v) is 25.1. The Labute approximate surface area is 246 Å². The molecular weight excluding hydrogens is 528 g/mol. The number of fused-ring (bicyclic) bond motifs is 2. The average molecular weight is 569 g/mol. The summed E-state index contributed by atoms with van der Waals surface area (Å²) in [7, 11) is 0. The Bertz CT molecular complexity index is 1690. The molecule has 0 aliphatic carbocycles. The van der Waals surface area contributed by atoms with Crippen molar-refractivity contribution in [3.05, 3.63) is 72.8 Å². The van der Waals surface area contributed by atoms with E-state index in [0.29, 0.717) is 29.5 Å². The van der Waals surface area contributed by atoms with Gasteiger partial charge in [0.25, 0.3) is 0 Å². The Kier molecular flexibility index (Phi) is 11.5. The van der Waals surface area contributed by atoms with Crippen molar-refractivity contribution in [2.75, 3.05) is 35.2 Å². The molecule has 0 aliphatic heterocycles. The van der Waals surface area contributed by atoms with Gasteiger partial charge < -0.3 is 22.1 Å². The standard InChI is InChI=1S/2C13H14N6.2C2H6/c1-2-15-13-17-12(14)19(18-13)11-8-7-9-5-3-4-6-10(9)16-11;1-2-15-13-17-12(14)18-19(13)11-8-7-9-5-3-4-6-10(9)16-11;2*1-2/h2*3-8H,2H2,1H3,(H3,14,15,17,18);2*1-2H3. The summed E-state index contributed by atoms with van der Waals surface area (Å²) in [5, 5.41) is 16.8. The summed E-state index contributed by atoms with van der Waals surface area (Å²) in [5.74, 6) is 3.01. The fraction of sp³-hybridized carbons (Fsp3) is 0.267. The van der Waals surface area contributed by atoms with Gasteiger partial charge in [-0.1, -0.05) is 64.1 Å². The summed E-state index contributed by atoms with van der Waals surface area (Å²) in [5.41, 5.74) is 13.3. The normalized spacial score (nSPS) is 10.0. The van der Waals surface area contributed by atoms with Crippen LogP contribution in [-0.4, -0.2) is 52.6 Å². The maximum atomic E-state index is 5.86. The van der Waals surface area contributed by atoms with Crippen LogP contribution in [0.2, 0.25) is 0 Å². The summed E-state index contributed by atoms with van der Waals surface area (Å²) in [6.45, 7) is 13.5. The summed E-state index contributed by atoms with van der Waals surface area (Å²) in [6.07, 6.45) is 0. The molecule has 0 fully saturated rings. The molecule has 12 heteroatoms. The van der Waals surface area contributed by atoms with Crippen LogP contribution in [-0.2, 0) is 0 Å². The predicted molar refractivity (Wildman–Crippen MR) is 173 cm³/mol. The van der Waals surface area contributed by atoms with E-state index in [0.717, 1.165) is 34.9 Å². The lowest BCUT2D eigenvalue weighted by molar-refractivity contribution is 0.854. The van der Waals surface area contributed by atoms with Crippen molar-refractivity contribution < 1.29 is 0 Å². The van der Waals surface area contributed by atoms with E-state index in [4.69, 9.17) is 11.5 Å². The lowest BCUT2D eigenvalue weighted by Gasteiger charge is -2.06. The van der Waals surface area contributed by atoms with Crippen molar-refractivity contribution in [3.63, 3.8) is 0 Å². The molecule has 0 saturated heterocycles. The molecule has 0 atom stereocenters. The van der Waals surface area contributed by atoms with E-state index in [9.17, 15) is 0 Å². The van der Waals surface area contributed by atoms with Crippen molar-refractivity contribution >= 4 is 45.6 Å². The van der Waals surface area contributed by atoms with Crippen molar-refractivity contribution in [1.29, 1.82) is 0 Å². The fourth-order valence-corrected chi connectivity index (χ4v) is 3.83. The largest absolute Gasteiger partial charge is 0.368 e. The Hall–Kier alpha value is -5.26. The van der Waals surface area contributed by atoms with Gasteiger partial charge in [-0.25, -0.2) is 9.97 Å². The average Bonchev–Trinajstić information content (AvgIpc) is 3.60. The highest BCUT2D eigenvalue weighted by Crippen LogP contribution is 2.18. The number of benzene rings is 2. The van der Waals surface area contributed by atoms with Crippen LogP contribution >= 0.6 is 0 Å². The van der Waals surface area contributed by atoms with E-state index >= 15 is 0 Å². The minimum Gasteiger partial charge on any atom is -0.368 e. The molecule has 12 nitrogen and oxygen atoms in total. The number of pyridine rings is 2. The molecule has 0 bridgehead atoms. The van der Waals surface area contributed by atoms with Crippen molar-refractivity contribution in [2.45, 2.75) is 41.5 Å². The highest BCUT2D eigenvalue weighted by molar-refractivity contribution is 5.80. The third kappa shape index (κ3) is 7.47. The van der Waals surface area contributed by atoms with E-state index in [1.165, 1.54) is 4.68 Å². The SMILES string of the molecule is CC.CC.CCNc1nc(N)n(-c2ccc3ccccc3n2)n1.CCNc1nc(N)nn1-c1ccc2ccccc2n1. The van der Waals surface area contributed by atoms with Gasteiger partial charge in [0.05, 0.1) is 11.0 Å². The summed E-state index contributed by atoms with van der Waals surface area (Å²) in [6, 6.07) is 23.6. The first-order chi connectivity index (χ1) is 20.6. The second kappa shape index (κ2) is 15.5. The molecule has 0 amide bonds. The number of para-hydroxylation sites is 2. The number of aromatic nitrogens is 8. The van der Waals surface area contributed by atoms with Gasteiger partial charge >= 0.3 is 0 Å². The van der Waals surface area contributed by atoms with Crippen LogP contribution in [0, 0.1) is 0 Å². The van der Waals surface area contributed by atoms with E-state index < -0.39 is 0 Å². The first-order valence-corrected chi connectivity index (χ1v) is 14.2. The number of nitrogens with one attached hydrogen (secondary N) is 2. The van der Waals surface area contributed by atoms with Gasteiger partial charge in [-0.2, -0.15) is 19.3 Å². The minimum atomic E-state index is 0.228. The summed E-state index contributed by atoms with van der Waals surface area (Å²) < 4.78 is 3.15. The first kappa shape index (κ1) is 31.3. The molecular formula is C30H40N12. The van der Waals surface area contributed by atoms with Gasteiger partial charge in [0.15, 0.2) is 11.6 Å². The summed E-state index contributed by atoms with van der Waals surface area (Å²) in [4.78, 5) is 17.4. The lowest BCUT2D eigenvalue weighted by atomic mass is 10.2. The second-order valence-corrected chi connectivity index (χ2v) is 8.20. The third-order valence-corrected chi connectivity index (χ3v) is 5.53. The van der Waals surface area contributed by atoms with Gasteiger partial charge in [0, 0.05) is 23.9 Å². The predicted octanol–water partition coefficient (Wildman–Crippen LogP) is 5.71. The molecule has 0 saturated carbocycles. The minimum absolute atomic E-state index is 0.228. The molecule has 4 heterocycles. The lowest BCUT2D eigenvalue weighted by Crippen LogP contribution is -2.07. The molecule has 42 heavy (non-hydrogen) atoms. The van der Waals surface area contributed by atoms with E-state index in [2.05, 4.69) is 40.8 Å². The van der Waals surface area contributed by atoms with Crippen molar-refractivity contribution in [2.24, 2.45) is 0 Å². The van der Waals surface area contributed by atoms with Crippen LogP contribution in [0.15, 0.2) is 72.8 Å². The molecule has 4 aromatic heterocycles. The zero-order chi connectivity index (χ0) is 30.5. The highest BCUT2D eigenvalue weighted by atomic mass is 15.4. The molecule has 0 spiro atoms. The van der Waals surface area contributed by atoms with Crippen LogP contribution in [0.1, 0.15) is 41.5 Å². The molecule has 2 aromatic carbocycles. The monoisotopic (exact) mass is 568 g/mol. The molecule has 0 aliphatic rings. The topological polar surface area (TPSA) is 163 Å². The van der Waals surface area contributed by atoms with Crippen LogP contribution in [0.3, 0.4) is 0 Å². The number of nitrogen functional groups attached to an aromatic ring is 2. The Morgan fingerprint density at radius 3 is 1.67 bits per heavy atom. The first-order valence-electron chi connectivity index (χ1n) is 14.2. The number of hydrogen-bond donors (Lipinski definition) is 4. The van der Waals surface area contributed by atoms with Gasteiger partial charge in [-0.15, -0.1) is 10.2 Å². The van der Waals surface area contributed by atoms with E-state index in [1.807, 2.05) is 114 Å². The maximum Gasteiger partial charge on any atom is 0.244 e. The fourth-order valence-electron chi connectivity index (χ4n) is 3.83. The van der Waals surface area contributed by atoms with E-state index in [1.54, 1.807) is 4.68 Å². The zero-order valence-electron chi connectivity index (χ0n) is 25.1. The Balaban J connectivity index is 0.000000206. The quantitative estimate of drug-likeness (QED) is 0.196. The second-order valence-electron chi connectivity index (χ2n) is 8.20. The van der Waals surface area contributed by atoms with Gasteiger partial charge in [-0.05, 0) is 50.2 Å². The van der Waals surface area contributed by atoms with Gasteiger partial charge in [0.2, 0.25) is 23.8 Å². The molecule has 0 radical (unpaired) electrons. The number of rotatable bonds is 6. The molecule has 0 unspecified atom stereocenters. The summed E-state index contributed by atoms with van der Waals surface area (Å²) >= 11 is 0. The van der Waals surface area contributed by atoms with E-state index in [-0.39, 0.29) is 5.95 Å². The molecule has 220 valence electrons. The van der Waals surface area contributed by atoms with Crippen LogP contribution in [0.4, 0.5) is 23.8 Å². The molecule has 6 N–H and O–H groups in total. The third-order valence-electron chi connectivity index (χ3n) is 5.53. The van der Waals surface area contributed by atoms with Crippen molar-refractivity contribution in [3.8, 4) is 11.6 Å². The van der Waals surface area contributed by atoms with Crippen LogP contribution < -0.4 is 22.1 Å². The van der Waals surface area contributed by atoms with Gasteiger partial charge in [0.1, 0.15) is 0 Å². The Morgan fingerprint density at radius 1 is 0.595 bits per heavy atom. The van der Waals surface area contributed by atoms with Crippen molar-refractivity contribution in [1.82, 2.24) is 39.5 Å². The highest BCUT2D eigenvalue weighted by Gasteiger charge is 2.11. The van der Waals surface area contributed by atoms with Gasteiger partial charge in [-0.3, -0.25) is 0 Å². The Morgan fingerprint density at radius 2 is 1.12 bits per heavy atom. The smallest absolute Gasteiger partial charge is 0.244 e.